The molecule has 2 saturated heterocycles. The van der Waals surface area contributed by atoms with Gasteiger partial charge in [-0.25, -0.2) is 13.8 Å². The largest absolute Gasteiger partial charge is 0.355 e. The monoisotopic (exact) mass is 365 g/mol. The highest BCUT2D eigenvalue weighted by Crippen LogP contribution is 2.33. The number of alkyl halides is 2. The molecule has 2 aromatic heterocycles. The van der Waals surface area contributed by atoms with Crippen molar-refractivity contribution in [2.24, 2.45) is 5.92 Å². The van der Waals surface area contributed by atoms with E-state index in [1.54, 1.807) is 16.2 Å². The lowest BCUT2D eigenvalue weighted by atomic mass is 9.95. The standard InChI is InChI=1S/C18H21F2N3OS/c19-18(20)5-9-22(10-6-18)17(24)13-2-1-8-23(12-13)16-14-4-11-25-15(14)3-7-21-16/h3-4,7,11,13H,1-2,5-6,8-10,12H2. The third-order valence-corrected chi connectivity index (χ3v) is 6.12. The number of halogens is 2. The van der Waals surface area contributed by atoms with Gasteiger partial charge in [-0.1, -0.05) is 0 Å². The van der Waals surface area contributed by atoms with Gasteiger partial charge in [0.25, 0.3) is 5.92 Å². The van der Waals surface area contributed by atoms with Gasteiger partial charge >= 0.3 is 0 Å². The number of nitrogens with zero attached hydrogens (tertiary/aromatic N) is 3. The van der Waals surface area contributed by atoms with E-state index in [9.17, 15) is 13.6 Å². The molecule has 2 aliphatic rings. The van der Waals surface area contributed by atoms with Crippen molar-refractivity contribution in [3.05, 3.63) is 23.7 Å². The Morgan fingerprint density at radius 1 is 1.24 bits per heavy atom. The number of fused-ring (bicyclic) bond motifs is 1. The van der Waals surface area contributed by atoms with Crippen molar-refractivity contribution in [2.75, 3.05) is 31.1 Å². The van der Waals surface area contributed by atoms with Gasteiger partial charge < -0.3 is 9.80 Å². The minimum absolute atomic E-state index is 0.0256. The van der Waals surface area contributed by atoms with Crippen LogP contribution in [-0.2, 0) is 4.79 Å². The summed E-state index contributed by atoms with van der Waals surface area (Å²) in [5.41, 5.74) is 0. The normalized spacial score (nSPS) is 23.8. The number of hydrogen-bond acceptors (Lipinski definition) is 4. The molecule has 0 bridgehead atoms. The average molecular weight is 365 g/mol. The molecule has 2 aromatic rings. The van der Waals surface area contributed by atoms with Crippen LogP contribution in [0.4, 0.5) is 14.6 Å². The number of hydrogen-bond donors (Lipinski definition) is 0. The van der Waals surface area contributed by atoms with Gasteiger partial charge in [0.1, 0.15) is 5.82 Å². The predicted octanol–water partition coefficient (Wildman–Crippen LogP) is 3.77. The van der Waals surface area contributed by atoms with Crippen molar-refractivity contribution in [1.82, 2.24) is 9.88 Å². The van der Waals surface area contributed by atoms with E-state index in [1.807, 2.05) is 12.3 Å². The van der Waals surface area contributed by atoms with Crippen LogP contribution in [0.15, 0.2) is 23.7 Å². The zero-order valence-electron chi connectivity index (χ0n) is 14.0. The number of pyridine rings is 1. The summed E-state index contributed by atoms with van der Waals surface area (Å²) < 4.78 is 27.9. The first-order chi connectivity index (χ1) is 12.0. The van der Waals surface area contributed by atoms with Gasteiger partial charge in [-0.2, -0.15) is 0 Å². The van der Waals surface area contributed by atoms with Crippen LogP contribution in [0.1, 0.15) is 25.7 Å². The lowest BCUT2D eigenvalue weighted by Crippen LogP contribution is -2.49. The molecule has 4 nitrogen and oxygen atoms in total. The Morgan fingerprint density at radius 3 is 2.84 bits per heavy atom. The molecule has 0 N–H and O–H groups in total. The van der Waals surface area contributed by atoms with Gasteiger partial charge in [-0.3, -0.25) is 4.79 Å². The fourth-order valence-corrected chi connectivity index (χ4v) is 4.59. The minimum Gasteiger partial charge on any atom is -0.355 e. The summed E-state index contributed by atoms with van der Waals surface area (Å²) in [7, 11) is 0. The second-order valence-electron chi connectivity index (χ2n) is 6.93. The highest BCUT2D eigenvalue weighted by molar-refractivity contribution is 7.17. The number of carbonyl (C=O) groups is 1. The van der Waals surface area contributed by atoms with Crippen molar-refractivity contribution < 1.29 is 13.6 Å². The summed E-state index contributed by atoms with van der Waals surface area (Å²) in [5.74, 6) is -1.79. The molecule has 4 heterocycles. The van der Waals surface area contributed by atoms with Gasteiger partial charge in [-0.15, -0.1) is 11.3 Å². The molecular weight excluding hydrogens is 344 g/mol. The molecule has 0 aromatic carbocycles. The minimum atomic E-state index is -2.62. The molecule has 1 unspecified atom stereocenters. The molecule has 4 rings (SSSR count). The third-order valence-electron chi connectivity index (χ3n) is 5.24. The van der Waals surface area contributed by atoms with Gasteiger partial charge in [0.2, 0.25) is 5.91 Å². The quantitative estimate of drug-likeness (QED) is 0.813. The first-order valence-corrected chi connectivity index (χ1v) is 9.65. The van der Waals surface area contributed by atoms with E-state index in [0.29, 0.717) is 6.54 Å². The third kappa shape index (κ3) is 3.34. The van der Waals surface area contributed by atoms with Crippen molar-refractivity contribution in [1.29, 1.82) is 0 Å². The molecule has 0 aliphatic carbocycles. The number of aromatic nitrogens is 1. The Balaban J connectivity index is 1.48. The zero-order chi connectivity index (χ0) is 17.4. The Bertz CT molecular complexity index is 769. The number of likely N-dealkylation sites (tertiary alicyclic amines) is 1. The maximum Gasteiger partial charge on any atom is 0.251 e. The molecule has 7 heteroatoms. The molecule has 2 fully saturated rings. The van der Waals surface area contributed by atoms with Crippen molar-refractivity contribution in [2.45, 2.75) is 31.6 Å². The van der Waals surface area contributed by atoms with Crippen LogP contribution in [0.5, 0.6) is 0 Å². The highest BCUT2D eigenvalue weighted by Gasteiger charge is 2.38. The molecule has 2 aliphatic heterocycles. The molecule has 1 amide bonds. The summed E-state index contributed by atoms with van der Waals surface area (Å²) in [4.78, 5) is 21.1. The summed E-state index contributed by atoms with van der Waals surface area (Å²) in [5, 5.41) is 3.18. The molecule has 1 atom stereocenters. The van der Waals surface area contributed by atoms with Crippen LogP contribution < -0.4 is 4.90 Å². The molecule has 25 heavy (non-hydrogen) atoms. The van der Waals surface area contributed by atoms with E-state index in [0.717, 1.165) is 30.6 Å². The predicted molar refractivity (Wildman–Crippen MR) is 95.3 cm³/mol. The first kappa shape index (κ1) is 16.7. The number of thiophene rings is 1. The molecule has 134 valence electrons. The number of rotatable bonds is 2. The van der Waals surface area contributed by atoms with Crippen molar-refractivity contribution >= 4 is 33.1 Å². The van der Waals surface area contributed by atoms with Gasteiger partial charge in [0.15, 0.2) is 0 Å². The Kier molecular flexibility index (Phi) is 4.35. The molecule has 0 radical (unpaired) electrons. The van der Waals surface area contributed by atoms with Crippen LogP contribution >= 0.6 is 11.3 Å². The van der Waals surface area contributed by atoms with E-state index < -0.39 is 5.92 Å². The summed E-state index contributed by atoms with van der Waals surface area (Å²) >= 11 is 1.68. The van der Waals surface area contributed by atoms with Gasteiger partial charge in [0.05, 0.1) is 5.92 Å². The van der Waals surface area contributed by atoms with Crippen LogP contribution in [0, 0.1) is 5.92 Å². The van der Waals surface area contributed by atoms with E-state index in [2.05, 4.69) is 21.3 Å². The maximum atomic E-state index is 13.3. The van der Waals surface area contributed by atoms with E-state index in [1.165, 1.54) is 4.70 Å². The van der Waals surface area contributed by atoms with Crippen LogP contribution in [0.2, 0.25) is 0 Å². The van der Waals surface area contributed by atoms with Crippen LogP contribution in [0.25, 0.3) is 10.1 Å². The van der Waals surface area contributed by atoms with Crippen LogP contribution in [0.3, 0.4) is 0 Å². The highest BCUT2D eigenvalue weighted by atomic mass is 32.1. The van der Waals surface area contributed by atoms with E-state index in [4.69, 9.17) is 0 Å². The number of amides is 1. The smallest absolute Gasteiger partial charge is 0.251 e. The zero-order valence-corrected chi connectivity index (χ0v) is 14.8. The number of anilines is 1. The van der Waals surface area contributed by atoms with Gasteiger partial charge in [-0.05, 0) is 30.4 Å². The lowest BCUT2D eigenvalue weighted by Gasteiger charge is -2.38. The Hall–Kier alpha value is -1.76. The van der Waals surface area contributed by atoms with E-state index >= 15 is 0 Å². The van der Waals surface area contributed by atoms with E-state index in [-0.39, 0.29) is 37.8 Å². The average Bonchev–Trinajstić information content (AvgIpc) is 3.10. The fourth-order valence-electron chi connectivity index (χ4n) is 3.82. The van der Waals surface area contributed by atoms with Crippen molar-refractivity contribution in [3.63, 3.8) is 0 Å². The topological polar surface area (TPSA) is 36.4 Å². The maximum absolute atomic E-state index is 13.3. The van der Waals surface area contributed by atoms with Crippen LogP contribution in [-0.4, -0.2) is 47.9 Å². The molecule has 0 spiro atoms. The first-order valence-electron chi connectivity index (χ1n) is 8.77. The summed E-state index contributed by atoms with van der Waals surface area (Å²) in [6.45, 7) is 1.83. The second kappa shape index (κ2) is 6.52. The molecule has 0 saturated carbocycles. The summed E-state index contributed by atoms with van der Waals surface area (Å²) in [6.07, 6.45) is 3.12. The molecular formula is C18H21F2N3OS. The summed E-state index contributed by atoms with van der Waals surface area (Å²) in [6, 6.07) is 4.07. The van der Waals surface area contributed by atoms with Gasteiger partial charge in [0, 0.05) is 55.3 Å². The number of piperidine rings is 2. The van der Waals surface area contributed by atoms with Crippen molar-refractivity contribution in [3.8, 4) is 0 Å². The number of carbonyl (C=O) groups excluding carboxylic acids is 1. The Labute approximate surface area is 149 Å². The lowest BCUT2D eigenvalue weighted by molar-refractivity contribution is -0.141. The Morgan fingerprint density at radius 2 is 2.04 bits per heavy atom. The SMILES string of the molecule is O=C(C1CCCN(c2nccc3sccc23)C1)N1CCC(F)(F)CC1. The fraction of sp³-hybridized carbons (Fsp3) is 0.556. The second-order valence-corrected chi connectivity index (χ2v) is 7.88.